The third-order valence-corrected chi connectivity index (χ3v) is 2.75. The third kappa shape index (κ3) is 3.06. The molecule has 0 aliphatic rings. The van der Waals surface area contributed by atoms with Gasteiger partial charge in [0, 0.05) is 0 Å². The highest BCUT2D eigenvalue weighted by atomic mass is 16.4. The van der Waals surface area contributed by atoms with Gasteiger partial charge in [-0.3, -0.25) is 4.79 Å². The van der Waals surface area contributed by atoms with Crippen LogP contribution in [0.4, 0.5) is 0 Å². The first-order valence-electron chi connectivity index (χ1n) is 5.44. The first-order valence-corrected chi connectivity index (χ1v) is 5.44. The quantitative estimate of drug-likeness (QED) is 0.543. The summed E-state index contributed by atoms with van der Waals surface area (Å²) in [5.41, 5.74) is 4.34. The van der Waals surface area contributed by atoms with Gasteiger partial charge in [-0.05, 0) is 18.6 Å². The highest BCUT2D eigenvalue weighted by molar-refractivity contribution is 5.92. The number of aliphatic hydroxyl groups is 2. The van der Waals surface area contributed by atoms with Gasteiger partial charge in [0.25, 0.3) is 5.91 Å². The number of carbonyl (C=O) groups excluding carboxylic acids is 1. The summed E-state index contributed by atoms with van der Waals surface area (Å²) in [7, 11) is 0. The summed E-state index contributed by atoms with van der Waals surface area (Å²) in [4.78, 5) is 11.8. The predicted molar refractivity (Wildman–Crippen MR) is 61.3 cm³/mol. The van der Waals surface area contributed by atoms with E-state index < -0.39 is 11.4 Å². The van der Waals surface area contributed by atoms with Gasteiger partial charge in [0.15, 0.2) is 5.76 Å². The number of hydrogen-bond donors (Lipinski definition) is 4. The zero-order valence-corrected chi connectivity index (χ0v) is 9.77. The van der Waals surface area contributed by atoms with E-state index in [0.717, 1.165) is 0 Å². The van der Waals surface area contributed by atoms with E-state index >= 15 is 0 Å². The van der Waals surface area contributed by atoms with E-state index in [9.17, 15) is 15.0 Å². The minimum atomic E-state index is -1.02. The number of furan rings is 1. The molecule has 1 amide bonds. The fraction of sp³-hybridized carbons (Fsp3) is 0.545. The number of aliphatic hydroxyl groups excluding tert-OH is 2. The van der Waals surface area contributed by atoms with Gasteiger partial charge in [0.1, 0.15) is 5.76 Å². The van der Waals surface area contributed by atoms with Crippen molar-refractivity contribution < 1.29 is 19.4 Å². The van der Waals surface area contributed by atoms with E-state index in [-0.39, 0.29) is 25.5 Å². The van der Waals surface area contributed by atoms with Crippen molar-refractivity contribution in [1.82, 2.24) is 5.32 Å². The third-order valence-electron chi connectivity index (χ3n) is 2.75. The maximum Gasteiger partial charge on any atom is 0.287 e. The number of nitrogens with one attached hydrogen (secondary N) is 1. The van der Waals surface area contributed by atoms with Crippen molar-refractivity contribution in [1.29, 1.82) is 0 Å². The highest BCUT2D eigenvalue weighted by Crippen LogP contribution is 2.12. The summed E-state index contributed by atoms with van der Waals surface area (Å²) in [5, 5.41) is 21.0. The second-order valence-corrected chi connectivity index (χ2v) is 3.87. The fourth-order valence-electron chi connectivity index (χ4n) is 1.35. The minimum absolute atomic E-state index is 0.116. The lowest BCUT2D eigenvalue weighted by Gasteiger charge is -2.29. The van der Waals surface area contributed by atoms with Gasteiger partial charge < -0.3 is 25.7 Å². The molecule has 96 valence electrons. The minimum Gasteiger partial charge on any atom is -0.455 e. The van der Waals surface area contributed by atoms with Crippen molar-refractivity contribution in [3.05, 3.63) is 23.7 Å². The zero-order valence-electron chi connectivity index (χ0n) is 9.77. The fourth-order valence-corrected chi connectivity index (χ4v) is 1.35. The number of rotatable bonds is 6. The molecule has 1 aromatic heterocycles. The monoisotopic (exact) mass is 242 g/mol. The smallest absolute Gasteiger partial charge is 0.287 e. The van der Waals surface area contributed by atoms with Crippen LogP contribution in [0.5, 0.6) is 0 Å². The molecule has 0 unspecified atom stereocenters. The molecule has 5 N–H and O–H groups in total. The lowest BCUT2D eigenvalue weighted by molar-refractivity contribution is 0.0631. The number of hydrogen-bond acceptors (Lipinski definition) is 5. The summed E-state index contributed by atoms with van der Waals surface area (Å²) in [6, 6.07) is 3.12. The first-order chi connectivity index (χ1) is 8.10. The molecule has 1 rings (SSSR count). The molecule has 6 nitrogen and oxygen atoms in total. The predicted octanol–water partition coefficient (Wildman–Crippen LogP) is -0.399. The average molecular weight is 242 g/mol. The summed E-state index contributed by atoms with van der Waals surface area (Å²) >= 11 is 0. The molecule has 0 atom stereocenters. The number of amides is 1. The van der Waals surface area contributed by atoms with Crippen LogP contribution >= 0.6 is 0 Å². The summed E-state index contributed by atoms with van der Waals surface area (Å²) in [6.07, 6.45) is 0.413. The van der Waals surface area contributed by atoms with Gasteiger partial charge in [-0.1, -0.05) is 6.92 Å². The second kappa shape index (κ2) is 5.81. The Labute approximate surface area is 99.4 Å². The SMILES string of the molecule is CCC(CO)(CO)NC(=O)c1ccc(CN)o1. The Bertz CT molecular complexity index is 363. The van der Waals surface area contributed by atoms with E-state index in [0.29, 0.717) is 12.2 Å². The van der Waals surface area contributed by atoms with Crippen LogP contribution in [0.2, 0.25) is 0 Å². The molecule has 0 radical (unpaired) electrons. The van der Waals surface area contributed by atoms with E-state index in [1.807, 2.05) is 0 Å². The van der Waals surface area contributed by atoms with Crippen molar-refractivity contribution in [2.45, 2.75) is 25.4 Å². The molecule has 0 bridgehead atoms. The summed E-state index contributed by atoms with van der Waals surface area (Å²) < 4.78 is 5.17. The number of nitrogens with two attached hydrogens (primary N) is 1. The Kier molecular flexibility index (Phi) is 4.68. The van der Waals surface area contributed by atoms with Gasteiger partial charge >= 0.3 is 0 Å². The van der Waals surface area contributed by atoms with Crippen LogP contribution in [0.15, 0.2) is 16.5 Å². The van der Waals surface area contributed by atoms with E-state index in [1.165, 1.54) is 6.07 Å². The Morgan fingerprint density at radius 3 is 2.53 bits per heavy atom. The van der Waals surface area contributed by atoms with Crippen LogP contribution < -0.4 is 11.1 Å². The molecule has 0 saturated heterocycles. The maximum atomic E-state index is 11.8. The van der Waals surface area contributed by atoms with Gasteiger partial charge in [0.05, 0.1) is 25.3 Å². The Morgan fingerprint density at radius 2 is 2.12 bits per heavy atom. The van der Waals surface area contributed by atoms with Crippen LogP contribution in [0, 0.1) is 0 Å². The molecule has 0 saturated carbocycles. The molecule has 17 heavy (non-hydrogen) atoms. The lowest BCUT2D eigenvalue weighted by Crippen LogP contribution is -2.53. The Hall–Kier alpha value is -1.37. The van der Waals surface area contributed by atoms with Crippen molar-refractivity contribution in [2.75, 3.05) is 13.2 Å². The van der Waals surface area contributed by atoms with Crippen LogP contribution in [0.3, 0.4) is 0 Å². The van der Waals surface area contributed by atoms with Crippen molar-refractivity contribution in [2.24, 2.45) is 5.73 Å². The van der Waals surface area contributed by atoms with Crippen molar-refractivity contribution in [3.8, 4) is 0 Å². The number of carbonyl (C=O) groups is 1. The molecule has 0 aromatic carbocycles. The van der Waals surface area contributed by atoms with Crippen molar-refractivity contribution in [3.63, 3.8) is 0 Å². The molecule has 0 fully saturated rings. The van der Waals surface area contributed by atoms with Crippen LogP contribution in [-0.4, -0.2) is 34.9 Å². The zero-order chi connectivity index (χ0) is 12.9. The molecular formula is C11H18N2O4. The topological polar surface area (TPSA) is 109 Å². The summed E-state index contributed by atoms with van der Waals surface area (Å²) in [6.45, 7) is 1.30. The van der Waals surface area contributed by atoms with Crippen LogP contribution in [-0.2, 0) is 6.54 Å². The van der Waals surface area contributed by atoms with Gasteiger partial charge in [0.2, 0.25) is 0 Å². The maximum absolute atomic E-state index is 11.8. The average Bonchev–Trinajstić information content (AvgIpc) is 2.85. The van der Waals surface area contributed by atoms with Gasteiger partial charge in [-0.2, -0.15) is 0 Å². The molecular weight excluding hydrogens is 224 g/mol. The molecule has 0 aliphatic heterocycles. The molecule has 1 aromatic rings. The Morgan fingerprint density at radius 1 is 1.47 bits per heavy atom. The molecule has 0 aliphatic carbocycles. The second-order valence-electron chi connectivity index (χ2n) is 3.87. The van der Waals surface area contributed by atoms with Crippen molar-refractivity contribution >= 4 is 5.91 Å². The summed E-state index contributed by atoms with van der Waals surface area (Å²) in [5.74, 6) is 0.144. The largest absolute Gasteiger partial charge is 0.455 e. The normalized spacial score (nSPS) is 11.5. The van der Waals surface area contributed by atoms with E-state index in [1.54, 1.807) is 13.0 Å². The standard InChI is InChI=1S/C11H18N2O4/c1-2-11(6-14,7-15)13-10(16)9-4-3-8(5-12)17-9/h3-4,14-15H,2,5-7,12H2,1H3,(H,13,16). The molecule has 1 heterocycles. The van der Waals surface area contributed by atoms with Crippen LogP contribution in [0.25, 0.3) is 0 Å². The van der Waals surface area contributed by atoms with Gasteiger partial charge in [-0.15, -0.1) is 0 Å². The van der Waals surface area contributed by atoms with Gasteiger partial charge in [-0.25, -0.2) is 0 Å². The lowest BCUT2D eigenvalue weighted by atomic mass is 9.98. The Balaban J connectivity index is 2.77. The van der Waals surface area contributed by atoms with E-state index in [2.05, 4.69) is 5.32 Å². The highest BCUT2D eigenvalue weighted by Gasteiger charge is 2.29. The van der Waals surface area contributed by atoms with Crippen LogP contribution in [0.1, 0.15) is 29.7 Å². The van der Waals surface area contributed by atoms with E-state index in [4.69, 9.17) is 10.2 Å². The molecule has 0 spiro atoms. The first kappa shape index (κ1) is 13.7. The molecule has 6 heteroatoms.